The number of likely N-dealkylation sites (N-methyl/N-ethyl adjacent to an activating group) is 1. The number of imidazole rings is 1. The molecule has 7 N–H and O–H groups in total. The molecular formula is C27H28N8O2. The van der Waals surface area contributed by atoms with Gasteiger partial charge in [-0.15, -0.1) is 0 Å². The Hall–Kier alpha value is -4.86. The zero-order valence-electron chi connectivity index (χ0n) is 20.6. The van der Waals surface area contributed by atoms with E-state index in [1.807, 2.05) is 61.2 Å². The minimum absolute atomic E-state index is 0.265. The lowest BCUT2D eigenvalue weighted by atomic mass is 10.1. The lowest BCUT2D eigenvalue weighted by Gasteiger charge is -2.27. The van der Waals surface area contributed by atoms with Gasteiger partial charge in [-0.25, -0.2) is 9.97 Å². The molecule has 0 bridgehead atoms. The number of nitrogen functional groups attached to an aromatic ring is 1. The summed E-state index contributed by atoms with van der Waals surface area (Å²) in [6.45, 7) is 4.76. The SMILES string of the molecule is CCN(CC(NC(=O)c1ccc2[nH]c(-c3cc(N)nc4[nH]c(C)nc34)cc2c1)C(N)=O)c1ccccc1. The Labute approximate surface area is 213 Å². The van der Waals surface area contributed by atoms with E-state index in [0.717, 1.165) is 33.7 Å². The topological polar surface area (TPSA) is 159 Å². The quantitative estimate of drug-likeness (QED) is 0.222. The number of nitrogens with two attached hydrogens (primary N) is 2. The van der Waals surface area contributed by atoms with Crippen LogP contribution in [0.1, 0.15) is 23.1 Å². The summed E-state index contributed by atoms with van der Waals surface area (Å²) in [4.78, 5) is 42.7. The first-order chi connectivity index (χ1) is 17.8. The second-order valence-electron chi connectivity index (χ2n) is 8.90. The van der Waals surface area contributed by atoms with E-state index < -0.39 is 11.9 Å². The fourth-order valence-electron chi connectivity index (χ4n) is 4.47. The number of para-hydroxylation sites is 1. The number of aromatic amines is 2. The van der Waals surface area contributed by atoms with Crippen LogP contribution in [-0.4, -0.2) is 50.9 Å². The summed E-state index contributed by atoms with van der Waals surface area (Å²) in [5.41, 5.74) is 16.8. The maximum atomic E-state index is 13.1. The third kappa shape index (κ3) is 4.81. The average Bonchev–Trinajstić information content (AvgIpc) is 3.48. The summed E-state index contributed by atoms with van der Waals surface area (Å²) < 4.78 is 0. The van der Waals surface area contributed by atoms with Gasteiger partial charge >= 0.3 is 0 Å². The fourth-order valence-corrected chi connectivity index (χ4v) is 4.47. The fraction of sp³-hybridized carbons (Fsp3) is 0.185. The minimum atomic E-state index is -0.860. The van der Waals surface area contributed by atoms with E-state index >= 15 is 0 Å². The predicted molar refractivity (Wildman–Crippen MR) is 145 cm³/mol. The van der Waals surface area contributed by atoms with Crippen molar-refractivity contribution >= 4 is 45.4 Å². The molecule has 1 atom stereocenters. The van der Waals surface area contributed by atoms with Crippen molar-refractivity contribution in [3.8, 4) is 11.3 Å². The lowest BCUT2D eigenvalue weighted by Crippen LogP contribution is -2.51. The second kappa shape index (κ2) is 9.65. The zero-order chi connectivity index (χ0) is 26.1. The molecule has 188 valence electrons. The highest BCUT2D eigenvalue weighted by Crippen LogP contribution is 2.30. The number of hydrogen-bond acceptors (Lipinski definition) is 6. The molecule has 3 aromatic heterocycles. The van der Waals surface area contributed by atoms with Gasteiger partial charge in [0.2, 0.25) is 5.91 Å². The molecule has 37 heavy (non-hydrogen) atoms. The van der Waals surface area contributed by atoms with E-state index in [2.05, 4.69) is 25.3 Å². The van der Waals surface area contributed by atoms with Gasteiger partial charge in [0, 0.05) is 46.5 Å². The number of nitrogens with zero attached hydrogens (tertiary/aromatic N) is 3. The van der Waals surface area contributed by atoms with Crippen LogP contribution in [0, 0.1) is 6.92 Å². The van der Waals surface area contributed by atoms with Crippen molar-refractivity contribution in [2.45, 2.75) is 19.9 Å². The summed E-state index contributed by atoms with van der Waals surface area (Å²) in [5.74, 6) is 0.138. The number of aryl methyl sites for hydroxylation is 1. The number of carbonyl (C=O) groups excluding carboxylic acids is 2. The molecule has 0 saturated heterocycles. The Bertz CT molecular complexity index is 1610. The van der Waals surface area contributed by atoms with Crippen LogP contribution in [0.15, 0.2) is 60.7 Å². The molecule has 5 rings (SSSR count). The molecule has 1 unspecified atom stereocenters. The summed E-state index contributed by atoms with van der Waals surface area (Å²) in [7, 11) is 0. The molecular weight excluding hydrogens is 468 g/mol. The van der Waals surface area contributed by atoms with Gasteiger partial charge in [-0.1, -0.05) is 18.2 Å². The smallest absolute Gasteiger partial charge is 0.252 e. The second-order valence-corrected chi connectivity index (χ2v) is 8.90. The van der Waals surface area contributed by atoms with Crippen molar-refractivity contribution in [2.24, 2.45) is 5.73 Å². The van der Waals surface area contributed by atoms with Crippen LogP contribution in [0.2, 0.25) is 0 Å². The zero-order valence-corrected chi connectivity index (χ0v) is 20.6. The highest BCUT2D eigenvalue weighted by molar-refractivity contribution is 6.02. The van der Waals surface area contributed by atoms with Gasteiger partial charge in [0.15, 0.2) is 5.65 Å². The van der Waals surface area contributed by atoms with E-state index in [0.29, 0.717) is 29.1 Å². The number of anilines is 2. The Balaban J connectivity index is 1.40. The molecule has 0 aliphatic heterocycles. The highest BCUT2D eigenvalue weighted by Gasteiger charge is 2.22. The van der Waals surface area contributed by atoms with Crippen molar-refractivity contribution in [2.75, 3.05) is 23.7 Å². The van der Waals surface area contributed by atoms with E-state index in [-0.39, 0.29) is 12.5 Å². The van der Waals surface area contributed by atoms with E-state index in [1.165, 1.54) is 0 Å². The third-order valence-corrected chi connectivity index (χ3v) is 6.32. The van der Waals surface area contributed by atoms with Gasteiger partial charge in [-0.3, -0.25) is 9.59 Å². The Morgan fingerprint density at radius 2 is 1.84 bits per heavy atom. The molecule has 2 aromatic carbocycles. The van der Waals surface area contributed by atoms with Crippen LogP contribution < -0.4 is 21.7 Å². The molecule has 3 heterocycles. The largest absolute Gasteiger partial charge is 0.384 e. The summed E-state index contributed by atoms with van der Waals surface area (Å²) in [5, 5.41) is 3.63. The number of benzene rings is 2. The van der Waals surface area contributed by atoms with E-state index in [4.69, 9.17) is 11.5 Å². The van der Waals surface area contributed by atoms with Crippen molar-refractivity contribution < 1.29 is 9.59 Å². The predicted octanol–water partition coefficient (Wildman–Crippen LogP) is 3.11. The van der Waals surface area contributed by atoms with Crippen LogP contribution in [0.4, 0.5) is 11.5 Å². The van der Waals surface area contributed by atoms with Crippen LogP contribution in [0.3, 0.4) is 0 Å². The number of nitrogens with one attached hydrogen (secondary N) is 3. The molecule has 10 heteroatoms. The summed E-state index contributed by atoms with van der Waals surface area (Å²) in [6.07, 6.45) is 0. The Kier molecular flexibility index (Phi) is 6.22. The number of hydrogen-bond donors (Lipinski definition) is 5. The molecule has 2 amide bonds. The maximum absolute atomic E-state index is 13.1. The van der Waals surface area contributed by atoms with Crippen molar-refractivity contribution in [3.05, 3.63) is 72.1 Å². The number of aromatic nitrogens is 4. The number of pyridine rings is 1. The van der Waals surface area contributed by atoms with Gasteiger partial charge < -0.3 is 31.7 Å². The number of H-pyrrole nitrogens is 2. The molecule has 0 saturated carbocycles. The van der Waals surface area contributed by atoms with Gasteiger partial charge in [-0.05, 0) is 56.3 Å². The number of rotatable bonds is 8. The van der Waals surface area contributed by atoms with Gasteiger partial charge in [0.25, 0.3) is 5.91 Å². The van der Waals surface area contributed by atoms with Gasteiger partial charge in [-0.2, -0.15) is 0 Å². The number of amides is 2. The first kappa shape index (κ1) is 23.9. The first-order valence-corrected chi connectivity index (χ1v) is 12.0. The first-order valence-electron chi connectivity index (χ1n) is 12.0. The molecule has 0 aliphatic carbocycles. The van der Waals surface area contributed by atoms with Crippen molar-refractivity contribution in [1.29, 1.82) is 0 Å². The van der Waals surface area contributed by atoms with Gasteiger partial charge in [0.1, 0.15) is 23.2 Å². The molecule has 0 radical (unpaired) electrons. The molecule has 0 spiro atoms. The number of carbonyl (C=O) groups is 2. The standard InChI is InChI=1S/C27H28N8O2/c1-3-35(18-7-5-4-6-8-18)14-22(25(29)36)33-27(37)16-9-10-20-17(11-16)12-21(32-20)19-13-23(28)34-26-24(19)30-15(2)31-26/h4-13,22,32H,3,14H2,1-2H3,(H2,29,36)(H,33,37)(H3,28,30,31,34). The normalized spacial score (nSPS) is 12.1. The monoisotopic (exact) mass is 496 g/mol. The highest BCUT2D eigenvalue weighted by atomic mass is 16.2. The summed E-state index contributed by atoms with van der Waals surface area (Å²) in [6, 6.07) is 17.8. The van der Waals surface area contributed by atoms with Crippen molar-refractivity contribution in [3.63, 3.8) is 0 Å². The Morgan fingerprint density at radius 3 is 2.57 bits per heavy atom. The van der Waals surface area contributed by atoms with E-state index in [9.17, 15) is 9.59 Å². The number of fused-ring (bicyclic) bond motifs is 2. The van der Waals surface area contributed by atoms with Crippen LogP contribution in [0.25, 0.3) is 33.3 Å². The van der Waals surface area contributed by atoms with Crippen LogP contribution in [-0.2, 0) is 4.79 Å². The van der Waals surface area contributed by atoms with Crippen molar-refractivity contribution in [1.82, 2.24) is 25.3 Å². The Morgan fingerprint density at radius 1 is 1.05 bits per heavy atom. The third-order valence-electron chi connectivity index (χ3n) is 6.32. The molecule has 5 aromatic rings. The molecule has 0 aliphatic rings. The molecule has 10 nitrogen and oxygen atoms in total. The summed E-state index contributed by atoms with van der Waals surface area (Å²) >= 11 is 0. The lowest BCUT2D eigenvalue weighted by molar-refractivity contribution is -0.119. The van der Waals surface area contributed by atoms with E-state index in [1.54, 1.807) is 18.2 Å². The number of primary amides is 1. The average molecular weight is 497 g/mol. The minimum Gasteiger partial charge on any atom is -0.384 e. The van der Waals surface area contributed by atoms with Gasteiger partial charge in [0.05, 0.1) is 0 Å². The van der Waals surface area contributed by atoms with Crippen LogP contribution in [0.5, 0.6) is 0 Å². The maximum Gasteiger partial charge on any atom is 0.252 e. The van der Waals surface area contributed by atoms with Crippen LogP contribution >= 0.6 is 0 Å². The molecule has 0 fully saturated rings.